The van der Waals surface area contributed by atoms with E-state index < -0.39 is 0 Å². The lowest BCUT2D eigenvalue weighted by molar-refractivity contribution is 0.634. The van der Waals surface area contributed by atoms with Crippen molar-refractivity contribution in [2.24, 2.45) is 0 Å². The standard InChI is InChI=1S/C11H16IN3S/c1-11(2)3-4-15(5-6-16-11)10-9(12)7-13-8-14-10/h7-8H,3-6H2,1-2H3. The van der Waals surface area contributed by atoms with Gasteiger partial charge in [-0.25, -0.2) is 9.97 Å². The van der Waals surface area contributed by atoms with Crippen LogP contribution in [0, 0.1) is 3.57 Å². The molecule has 0 aliphatic carbocycles. The molecule has 1 aliphatic heterocycles. The number of nitrogens with zero attached hydrogens (tertiary/aromatic N) is 3. The highest BCUT2D eigenvalue weighted by molar-refractivity contribution is 14.1. The third-order valence-corrected chi connectivity index (χ3v) is 4.92. The van der Waals surface area contributed by atoms with Crippen molar-refractivity contribution in [1.82, 2.24) is 9.97 Å². The monoisotopic (exact) mass is 349 g/mol. The third kappa shape index (κ3) is 3.00. The smallest absolute Gasteiger partial charge is 0.145 e. The Kier molecular flexibility index (Phi) is 3.94. The molecule has 0 atom stereocenters. The fourth-order valence-corrected chi connectivity index (χ4v) is 3.51. The molecule has 0 bridgehead atoms. The van der Waals surface area contributed by atoms with E-state index in [0.29, 0.717) is 4.75 Å². The number of hydrogen-bond donors (Lipinski definition) is 0. The van der Waals surface area contributed by atoms with Crippen LogP contribution in [-0.2, 0) is 0 Å². The summed E-state index contributed by atoms with van der Waals surface area (Å²) in [6.45, 7) is 6.83. The van der Waals surface area contributed by atoms with Crippen molar-refractivity contribution in [3.05, 3.63) is 16.1 Å². The topological polar surface area (TPSA) is 29.0 Å². The van der Waals surface area contributed by atoms with Gasteiger partial charge in [-0.1, -0.05) is 13.8 Å². The van der Waals surface area contributed by atoms with Crippen LogP contribution in [0.2, 0.25) is 0 Å². The van der Waals surface area contributed by atoms with E-state index >= 15 is 0 Å². The van der Waals surface area contributed by atoms with Gasteiger partial charge in [-0.05, 0) is 29.0 Å². The normalized spacial score (nSPS) is 20.6. The van der Waals surface area contributed by atoms with Crippen molar-refractivity contribution in [3.8, 4) is 0 Å². The van der Waals surface area contributed by atoms with Crippen molar-refractivity contribution in [3.63, 3.8) is 0 Å². The Labute approximate surface area is 115 Å². The second-order valence-corrected chi connectivity index (χ2v) is 7.50. The minimum atomic E-state index is 0.396. The fourth-order valence-electron chi connectivity index (χ4n) is 1.77. The average molecular weight is 349 g/mol. The Morgan fingerprint density at radius 3 is 3.00 bits per heavy atom. The first-order chi connectivity index (χ1) is 7.58. The largest absolute Gasteiger partial charge is 0.355 e. The van der Waals surface area contributed by atoms with E-state index in [0.717, 1.165) is 22.5 Å². The van der Waals surface area contributed by atoms with E-state index in [1.807, 2.05) is 6.20 Å². The van der Waals surface area contributed by atoms with Crippen LogP contribution in [0.1, 0.15) is 20.3 Å². The number of thioether (sulfide) groups is 1. The zero-order valence-electron chi connectivity index (χ0n) is 9.61. The minimum Gasteiger partial charge on any atom is -0.355 e. The Bertz CT molecular complexity index is 370. The van der Waals surface area contributed by atoms with Gasteiger partial charge in [0.25, 0.3) is 0 Å². The molecule has 1 aromatic rings. The summed E-state index contributed by atoms with van der Waals surface area (Å²) in [5.41, 5.74) is 0. The molecular formula is C11H16IN3S. The van der Waals surface area contributed by atoms with Crippen molar-refractivity contribution < 1.29 is 0 Å². The van der Waals surface area contributed by atoms with Crippen LogP contribution in [-0.4, -0.2) is 33.6 Å². The first-order valence-corrected chi connectivity index (χ1v) is 7.49. The summed E-state index contributed by atoms with van der Waals surface area (Å²) in [6.07, 6.45) is 4.73. The maximum absolute atomic E-state index is 4.39. The average Bonchev–Trinajstić information content (AvgIpc) is 2.40. The Morgan fingerprint density at radius 1 is 1.44 bits per heavy atom. The molecule has 0 radical (unpaired) electrons. The van der Waals surface area contributed by atoms with Gasteiger partial charge in [0.05, 0.1) is 3.57 Å². The minimum absolute atomic E-state index is 0.396. The second kappa shape index (κ2) is 5.08. The first kappa shape index (κ1) is 12.4. The van der Waals surface area contributed by atoms with Gasteiger partial charge in [0, 0.05) is 29.8 Å². The molecule has 0 aromatic carbocycles. The highest BCUT2D eigenvalue weighted by Crippen LogP contribution is 2.32. The number of halogens is 1. The van der Waals surface area contributed by atoms with Gasteiger partial charge in [0.1, 0.15) is 12.1 Å². The molecule has 2 heterocycles. The van der Waals surface area contributed by atoms with Gasteiger partial charge in [0.15, 0.2) is 0 Å². The molecule has 0 saturated carbocycles. The quantitative estimate of drug-likeness (QED) is 0.729. The van der Waals surface area contributed by atoms with Crippen LogP contribution < -0.4 is 4.90 Å². The molecule has 2 rings (SSSR count). The molecule has 16 heavy (non-hydrogen) atoms. The summed E-state index contributed by atoms with van der Waals surface area (Å²) in [7, 11) is 0. The van der Waals surface area contributed by atoms with Crippen LogP contribution in [0.3, 0.4) is 0 Å². The lowest BCUT2D eigenvalue weighted by Gasteiger charge is -2.23. The van der Waals surface area contributed by atoms with E-state index in [1.54, 1.807) is 6.33 Å². The summed E-state index contributed by atoms with van der Waals surface area (Å²) < 4.78 is 1.54. The zero-order chi connectivity index (χ0) is 11.6. The van der Waals surface area contributed by atoms with Crippen LogP contribution >= 0.6 is 34.4 Å². The number of rotatable bonds is 1. The highest BCUT2D eigenvalue weighted by atomic mass is 127. The second-order valence-electron chi connectivity index (χ2n) is 4.54. The Morgan fingerprint density at radius 2 is 2.25 bits per heavy atom. The molecule has 0 N–H and O–H groups in total. The molecule has 88 valence electrons. The lowest BCUT2D eigenvalue weighted by atomic mass is 10.1. The van der Waals surface area contributed by atoms with Crippen LogP contribution in [0.4, 0.5) is 5.82 Å². The van der Waals surface area contributed by atoms with Gasteiger partial charge < -0.3 is 4.90 Å². The molecule has 3 nitrogen and oxygen atoms in total. The van der Waals surface area contributed by atoms with E-state index in [4.69, 9.17) is 0 Å². The Balaban J connectivity index is 2.14. The van der Waals surface area contributed by atoms with E-state index in [-0.39, 0.29) is 0 Å². The molecule has 1 saturated heterocycles. The van der Waals surface area contributed by atoms with Crippen LogP contribution in [0.5, 0.6) is 0 Å². The van der Waals surface area contributed by atoms with Crippen LogP contribution in [0.15, 0.2) is 12.5 Å². The maximum Gasteiger partial charge on any atom is 0.145 e. The number of hydrogen-bond acceptors (Lipinski definition) is 4. The summed E-state index contributed by atoms with van der Waals surface area (Å²) in [6, 6.07) is 0. The summed E-state index contributed by atoms with van der Waals surface area (Å²) in [4.78, 5) is 10.8. The molecule has 1 fully saturated rings. The van der Waals surface area contributed by atoms with Crippen LogP contribution in [0.25, 0.3) is 0 Å². The summed E-state index contributed by atoms with van der Waals surface area (Å²) in [5, 5.41) is 0. The summed E-state index contributed by atoms with van der Waals surface area (Å²) in [5.74, 6) is 2.27. The van der Waals surface area contributed by atoms with Crippen molar-refractivity contribution in [1.29, 1.82) is 0 Å². The van der Waals surface area contributed by atoms with E-state index in [9.17, 15) is 0 Å². The molecule has 1 aliphatic rings. The molecule has 0 unspecified atom stereocenters. The Hall–Kier alpha value is -0.0400. The predicted octanol–water partition coefficient (Wildman–Crippen LogP) is 2.80. The first-order valence-electron chi connectivity index (χ1n) is 5.43. The molecule has 0 spiro atoms. The van der Waals surface area contributed by atoms with Gasteiger partial charge in [-0.15, -0.1) is 0 Å². The molecule has 0 amide bonds. The van der Waals surface area contributed by atoms with Gasteiger partial charge in [-0.3, -0.25) is 0 Å². The van der Waals surface area contributed by atoms with E-state index in [1.165, 1.54) is 12.2 Å². The molecule has 1 aromatic heterocycles. The number of aromatic nitrogens is 2. The lowest BCUT2D eigenvalue weighted by Crippen LogP contribution is -2.28. The molecular weight excluding hydrogens is 333 g/mol. The van der Waals surface area contributed by atoms with Crippen molar-refractivity contribution >= 4 is 40.2 Å². The third-order valence-electron chi connectivity index (χ3n) is 2.79. The van der Waals surface area contributed by atoms with Gasteiger partial charge in [-0.2, -0.15) is 11.8 Å². The maximum atomic E-state index is 4.39. The van der Waals surface area contributed by atoms with Crippen molar-refractivity contribution in [2.75, 3.05) is 23.7 Å². The van der Waals surface area contributed by atoms with E-state index in [2.05, 4.69) is 63.1 Å². The fraction of sp³-hybridized carbons (Fsp3) is 0.636. The van der Waals surface area contributed by atoms with Crippen molar-refractivity contribution in [2.45, 2.75) is 25.0 Å². The summed E-state index contributed by atoms with van der Waals surface area (Å²) >= 11 is 4.37. The predicted molar refractivity (Wildman–Crippen MR) is 78.1 cm³/mol. The number of anilines is 1. The van der Waals surface area contributed by atoms with Gasteiger partial charge >= 0.3 is 0 Å². The van der Waals surface area contributed by atoms with Gasteiger partial charge in [0.2, 0.25) is 0 Å². The highest BCUT2D eigenvalue weighted by Gasteiger charge is 2.24. The molecule has 5 heteroatoms. The SMILES string of the molecule is CC1(C)CCN(c2ncncc2I)CCS1. The zero-order valence-corrected chi connectivity index (χ0v) is 12.6.